The van der Waals surface area contributed by atoms with E-state index < -0.39 is 0 Å². The third-order valence-corrected chi connectivity index (χ3v) is 4.98. The highest BCUT2D eigenvalue weighted by Gasteiger charge is 2.35. The van der Waals surface area contributed by atoms with E-state index in [9.17, 15) is 5.26 Å². The Morgan fingerprint density at radius 1 is 1.67 bits per heavy atom. The number of hydrogen-bond donors (Lipinski definition) is 1. The molecule has 3 atom stereocenters. The molecule has 0 saturated heterocycles. The van der Waals surface area contributed by atoms with Crippen molar-refractivity contribution in [3.8, 4) is 6.07 Å². The molecule has 0 heterocycles. The molecule has 15 heavy (non-hydrogen) atoms. The van der Waals surface area contributed by atoms with Crippen molar-refractivity contribution in [1.82, 2.24) is 5.32 Å². The maximum atomic E-state index is 9.23. The first-order chi connectivity index (χ1) is 7.15. The minimum Gasteiger partial charge on any atom is -0.302 e. The number of nitrogens with one attached hydrogen (secondary N) is 1. The van der Waals surface area contributed by atoms with Crippen LogP contribution in [0.2, 0.25) is 0 Å². The van der Waals surface area contributed by atoms with Crippen molar-refractivity contribution in [2.45, 2.75) is 62.0 Å². The van der Waals surface area contributed by atoms with E-state index in [-0.39, 0.29) is 5.54 Å². The van der Waals surface area contributed by atoms with Crippen molar-refractivity contribution in [2.75, 3.05) is 7.05 Å². The molecule has 86 valence electrons. The Kier molecular flexibility index (Phi) is 4.95. The first-order valence-corrected chi connectivity index (χ1v) is 6.85. The monoisotopic (exact) mass is 226 g/mol. The van der Waals surface area contributed by atoms with Gasteiger partial charge in [0.15, 0.2) is 0 Å². The second kappa shape index (κ2) is 5.77. The SMILES string of the molecule is CCC(C)SC1CCCC(C#N)(NC)C1. The van der Waals surface area contributed by atoms with E-state index in [0.29, 0.717) is 5.25 Å². The molecule has 3 unspecified atom stereocenters. The Hall–Kier alpha value is -0.200. The lowest BCUT2D eigenvalue weighted by Gasteiger charge is -2.36. The predicted octanol–water partition coefficient (Wildman–Crippen LogP) is 2.94. The summed E-state index contributed by atoms with van der Waals surface area (Å²) in [4.78, 5) is 0. The highest BCUT2D eigenvalue weighted by atomic mass is 32.2. The zero-order valence-corrected chi connectivity index (χ0v) is 10.9. The third-order valence-electron chi connectivity index (χ3n) is 3.40. The largest absolute Gasteiger partial charge is 0.302 e. The van der Waals surface area contributed by atoms with Crippen LogP contribution in [-0.4, -0.2) is 23.1 Å². The van der Waals surface area contributed by atoms with E-state index in [0.717, 1.165) is 18.1 Å². The van der Waals surface area contributed by atoms with Crippen LogP contribution in [0.4, 0.5) is 0 Å². The van der Waals surface area contributed by atoms with Gasteiger partial charge < -0.3 is 5.32 Å². The van der Waals surface area contributed by atoms with Gasteiger partial charge >= 0.3 is 0 Å². The number of nitriles is 1. The summed E-state index contributed by atoms with van der Waals surface area (Å²) in [5.74, 6) is 0. The summed E-state index contributed by atoms with van der Waals surface area (Å²) < 4.78 is 0. The quantitative estimate of drug-likeness (QED) is 0.800. The van der Waals surface area contributed by atoms with Crippen molar-refractivity contribution < 1.29 is 0 Å². The third kappa shape index (κ3) is 3.39. The van der Waals surface area contributed by atoms with Crippen LogP contribution in [0, 0.1) is 11.3 Å². The van der Waals surface area contributed by atoms with Crippen LogP contribution in [0.15, 0.2) is 0 Å². The van der Waals surface area contributed by atoms with E-state index >= 15 is 0 Å². The van der Waals surface area contributed by atoms with Crippen molar-refractivity contribution in [3.63, 3.8) is 0 Å². The fraction of sp³-hybridized carbons (Fsp3) is 0.917. The van der Waals surface area contributed by atoms with Gasteiger partial charge in [0, 0.05) is 10.5 Å². The summed E-state index contributed by atoms with van der Waals surface area (Å²) in [5, 5.41) is 13.8. The molecule has 0 bridgehead atoms. The molecule has 3 heteroatoms. The van der Waals surface area contributed by atoms with Gasteiger partial charge in [-0.2, -0.15) is 17.0 Å². The Balaban J connectivity index is 2.52. The van der Waals surface area contributed by atoms with Gasteiger partial charge in [0.05, 0.1) is 6.07 Å². The van der Waals surface area contributed by atoms with Gasteiger partial charge in [-0.1, -0.05) is 13.8 Å². The standard InChI is InChI=1S/C12H22N2S/c1-4-10(2)15-11-6-5-7-12(8-11,9-13)14-3/h10-11,14H,4-8H2,1-3H3. The summed E-state index contributed by atoms with van der Waals surface area (Å²) >= 11 is 2.06. The predicted molar refractivity (Wildman–Crippen MR) is 67.0 cm³/mol. The van der Waals surface area contributed by atoms with Gasteiger partial charge in [-0.15, -0.1) is 0 Å². The lowest BCUT2D eigenvalue weighted by Crippen LogP contribution is -2.46. The molecular formula is C12H22N2S. The van der Waals surface area contributed by atoms with Gasteiger partial charge in [-0.3, -0.25) is 0 Å². The van der Waals surface area contributed by atoms with E-state index in [4.69, 9.17) is 0 Å². The average molecular weight is 226 g/mol. The molecule has 1 fully saturated rings. The van der Waals surface area contributed by atoms with Crippen molar-refractivity contribution in [1.29, 1.82) is 5.26 Å². The van der Waals surface area contributed by atoms with Crippen LogP contribution < -0.4 is 5.32 Å². The molecule has 1 N–H and O–H groups in total. The summed E-state index contributed by atoms with van der Waals surface area (Å²) in [7, 11) is 1.92. The molecule has 0 aromatic carbocycles. The second-order valence-corrected chi connectivity index (χ2v) is 6.26. The van der Waals surface area contributed by atoms with Crippen LogP contribution in [0.1, 0.15) is 46.0 Å². The van der Waals surface area contributed by atoms with E-state index in [1.165, 1.54) is 19.3 Å². The van der Waals surface area contributed by atoms with E-state index in [1.807, 2.05) is 7.05 Å². The molecule has 0 aromatic heterocycles. The molecule has 0 amide bonds. The summed E-state index contributed by atoms with van der Waals surface area (Å²) in [5.41, 5.74) is -0.247. The number of nitrogens with zero attached hydrogens (tertiary/aromatic N) is 1. The zero-order valence-electron chi connectivity index (χ0n) is 10.0. The highest BCUT2D eigenvalue weighted by Crippen LogP contribution is 2.36. The molecule has 1 rings (SSSR count). The highest BCUT2D eigenvalue weighted by molar-refractivity contribution is 8.00. The number of thioether (sulfide) groups is 1. The molecule has 2 nitrogen and oxygen atoms in total. The number of hydrogen-bond acceptors (Lipinski definition) is 3. The summed E-state index contributed by atoms with van der Waals surface area (Å²) in [6.07, 6.45) is 5.70. The van der Waals surface area contributed by atoms with Crippen LogP contribution in [-0.2, 0) is 0 Å². The summed E-state index contributed by atoms with van der Waals surface area (Å²) in [6, 6.07) is 2.46. The first-order valence-electron chi connectivity index (χ1n) is 5.91. The van der Waals surface area contributed by atoms with Gasteiger partial charge in [0.1, 0.15) is 5.54 Å². The van der Waals surface area contributed by atoms with Crippen LogP contribution in [0.25, 0.3) is 0 Å². The molecule has 1 aliphatic rings. The molecule has 0 aromatic rings. The van der Waals surface area contributed by atoms with Gasteiger partial charge in [-0.25, -0.2) is 0 Å². The summed E-state index contributed by atoms with van der Waals surface area (Å²) in [6.45, 7) is 4.52. The molecular weight excluding hydrogens is 204 g/mol. The lowest BCUT2D eigenvalue weighted by molar-refractivity contribution is 0.323. The second-order valence-electron chi connectivity index (χ2n) is 4.52. The average Bonchev–Trinajstić information content (AvgIpc) is 2.29. The smallest absolute Gasteiger partial charge is 0.107 e. The normalized spacial score (nSPS) is 33.3. The van der Waals surface area contributed by atoms with Gasteiger partial charge in [0.25, 0.3) is 0 Å². The number of rotatable bonds is 4. The molecule has 1 saturated carbocycles. The van der Waals surface area contributed by atoms with Crippen molar-refractivity contribution in [2.24, 2.45) is 0 Å². The van der Waals surface area contributed by atoms with Crippen LogP contribution >= 0.6 is 11.8 Å². The van der Waals surface area contributed by atoms with Crippen LogP contribution in [0.5, 0.6) is 0 Å². The molecule has 1 aliphatic carbocycles. The maximum absolute atomic E-state index is 9.23. The minimum absolute atomic E-state index is 0.247. The Morgan fingerprint density at radius 2 is 2.40 bits per heavy atom. The fourth-order valence-corrected chi connectivity index (χ4v) is 3.68. The Bertz CT molecular complexity index is 236. The van der Waals surface area contributed by atoms with E-state index in [2.05, 4.69) is 37.0 Å². The molecule has 0 radical (unpaired) electrons. The fourth-order valence-electron chi connectivity index (χ4n) is 2.15. The zero-order chi connectivity index (χ0) is 11.3. The molecule has 0 spiro atoms. The van der Waals surface area contributed by atoms with Gasteiger partial charge in [0.2, 0.25) is 0 Å². The van der Waals surface area contributed by atoms with Gasteiger partial charge in [-0.05, 0) is 39.2 Å². The van der Waals surface area contributed by atoms with Crippen LogP contribution in [0.3, 0.4) is 0 Å². The van der Waals surface area contributed by atoms with E-state index in [1.54, 1.807) is 0 Å². The Labute approximate surface area is 97.8 Å². The maximum Gasteiger partial charge on any atom is 0.107 e. The van der Waals surface area contributed by atoms with Crippen molar-refractivity contribution in [3.05, 3.63) is 0 Å². The lowest BCUT2D eigenvalue weighted by atomic mass is 9.83. The minimum atomic E-state index is -0.247. The Morgan fingerprint density at radius 3 is 2.93 bits per heavy atom. The topological polar surface area (TPSA) is 35.8 Å². The van der Waals surface area contributed by atoms with Crippen molar-refractivity contribution >= 4 is 11.8 Å². The molecule has 0 aliphatic heterocycles. The first kappa shape index (κ1) is 12.9.